The van der Waals surface area contributed by atoms with Crippen LogP contribution in [0.4, 0.5) is 8.78 Å². The lowest BCUT2D eigenvalue weighted by Gasteiger charge is -1.86. The van der Waals surface area contributed by atoms with E-state index in [4.69, 9.17) is 11.6 Å². The normalized spacial score (nSPS) is 12.1. The van der Waals surface area contributed by atoms with Crippen molar-refractivity contribution in [3.63, 3.8) is 0 Å². The van der Waals surface area contributed by atoms with E-state index in [1.165, 1.54) is 0 Å². The molecule has 0 atom stereocenters. The molecule has 0 aliphatic carbocycles. The zero-order valence-electron chi connectivity index (χ0n) is 6.19. The van der Waals surface area contributed by atoms with Crippen LogP contribution in [0, 0.1) is 0 Å². The molecule has 0 unspecified atom stereocenters. The van der Waals surface area contributed by atoms with Crippen LogP contribution in [-0.4, -0.2) is 5.24 Å². The Morgan fingerprint density at radius 1 is 1.50 bits per heavy atom. The highest BCUT2D eigenvalue weighted by atomic mass is 35.5. The molecule has 0 aliphatic heterocycles. The number of carbonyl (C=O) groups excluding carboxylic acids is 1. The maximum Gasteiger partial charge on any atom is 0.228 e. The summed E-state index contributed by atoms with van der Waals surface area (Å²) in [6.45, 7) is 2.91. The monoisotopic (exact) mass is 192 g/mol. The van der Waals surface area contributed by atoms with Crippen LogP contribution in [0.2, 0.25) is 0 Å². The van der Waals surface area contributed by atoms with Gasteiger partial charge in [0.15, 0.2) is 0 Å². The molecule has 0 heterocycles. The molecule has 0 N–H and O–H groups in total. The summed E-state index contributed by atoms with van der Waals surface area (Å²) in [4.78, 5) is 10.1. The van der Waals surface area contributed by atoms with Crippen molar-refractivity contribution in [1.82, 2.24) is 0 Å². The van der Waals surface area contributed by atoms with Gasteiger partial charge in [-0.3, -0.25) is 4.79 Å². The maximum absolute atomic E-state index is 12.5. The zero-order chi connectivity index (χ0) is 9.56. The lowest BCUT2D eigenvalue weighted by molar-refractivity contribution is -0.111. The number of rotatable bonds is 4. The Kier molecular flexibility index (Phi) is 5.21. The maximum atomic E-state index is 12.5. The molecule has 0 aromatic heterocycles. The van der Waals surface area contributed by atoms with Crippen LogP contribution in [0.3, 0.4) is 0 Å². The Labute approximate surface area is 74.0 Å². The molecule has 0 bridgehead atoms. The van der Waals surface area contributed by atoms with Crippen molar-refractivity contribution in [2.24, 2.45) is 0 Å². The molecule has 0 amide bonds. The van der Waals surface area contributed by atoms with Crippen LogP contribution >= 0.6 is 11.6 Å². The molecule has 0 aromatic rings. The van der Waals surface area contributed by atoms with Gasteiger partial charge >= 0.3 is 0 Å². The van der Waals surface area contributed by atoms with E-state index in [2.05, 4.69) is 6.58 Å². The number of halogens is 3. The van der Waals surface area contributed by atoms with E-state index >= 15 is 0 Å². The van der Waals surface area contributed by atoms with Crippen molar-refractivity contribution in [2.75, 3.05) is 0 Å². The molecule has 4 heteroatoms. The zero-order valence-corrected chi connectivity index (χ0v) is 6.94. The van der Waals surface area contributed by atoms with Gasteiger partial charge in [0.25, 0.3) is 0 Å². The first-order valence-electron chi connectivity index (χ1n) is 3.08. The summed E-state index contributed by atoms with van der Waals surface area (Å²) in [5, 5.41) is -0.795. The highest BCUT2D eigenvalue weighted by molar-refractivity contribution is 6.63. The summed E-state index contributed by atoms with van der Waals surface area (Å²) >= 11 is 4.88. The van der Waals surface area contributed by atoms with Crippen LogP contribution in [0.5, 0.6) is 0 Å². The highest BCUT2D eigenvalue weighted by Gasteiger charge is 1.99. The molecular formula is C8H7ClF2O. The molecular weight excluding hydrogens is 186 g/mol. The molecule has 0 saturated carbocycles. The highest BCUT2D eigenvalue weighted by Crippen LogP contribution is 2.06. The minimum Gasteiger partial charge on any atom is -0.281 e. The summed E-state index contributed by atoms with van der Waals surface area (Å²) in [7, 11) is 0. The first-order valence-corrected chi connectivity index (χ1v) is 3.45. The van der Waals surface area contributed by atoms with Gasteiger partial charge in [-0.05, 0) is 23.8 Å². The lowest BCUT2D eigenvalue weighted by atomic mass is 10.3. The van der Waals surface area contributed by atoms with E-state index < -0.39 is 23.3 Å². The minimum absolute atomic E-state index is 0.481. The Morgan fingerprint density at radius 3 is 2.50 bits per heavy atom. The van der Waals surface area contributed by atoms with Crippen LogP contribution in [0.25, 0.3) is 0 Å². The molecule has 0 radical (unpaired) electrons. The molecule has 0 aromatic carbocycles. The second-order valence-electron chi connectivity index (χ2n) is 1.95. The second kappa shape index (κ2) is 5.66. The van der Waals surface area contributed by atoms with Crippen molar-refractivity contribution in [2.45, 2.75) is 6.42 Å². The molecule has 12 heavy (non-hydrogen) atoms. The van der Waals surface area contributed by atoms with Gasteiger partial charge in [0.1, 0.15) is 11.7 Å². The Hall–Kier alpha value is -0.960. The Bertz CT molecular complexity index is 243. The number of allylic oxidation sites excluding steroid dienone is 5. The molecule has 0 fully saturated rings. The summed E-state index contributed by atoms with van der Waals surface area (Å²) < 4.78 is 24.3. The largest absolute Gasteiger partial charge is 0.281 e. The molecule has 0 aliphatic rings. The van der Waals surface area contributed by atoms with Gasteiger partial charge < -0.3 is 0 Å². The van der Waals surface area contributed by atoms with E-state index in [9.17, 15) is 13.6 Å². The summed E-state index contributed by atoms with van der Waals surface area (Å²) in [5.74, 6) is -1.40. The van der Waals surface area contributed by atoms with E-state index in [1.54, 1.807) is 0 Å². The van der Waals surface area contributed by atoms with Crippen LogP contribution in [0.15, 0.2) is 36.5 Å². The Morgan fingerprint density at radius 2 is 2.08 bits per heavy atom. The van der Waals surface area contributed by atoms with Crippen molar-refractivity contribution in [3.05, 3.63) is 36.5 Å². The van der Waals surface area contributed by atoms with E-state index in [-0.39, 0.29) is 0 Å². The van der Waals surface area contributed by atoms with Crippen molar-refractivity contribution in [1.29, 1.82) is 0 Å². The lowest BCUT2D eigenvalue weighted by Crippen LogP contribution is -1.84. The van der Waals surface area contributed by atoms with E-state index in [0.717, 1.165) is 18.2 Å². The fourth-order valence-corrected chi connectivity index (χ4v) is 0.576. The van der Waals surface area contributed by atoms with Crippen molar-refractivity contribution >= 4 is 16.8 Å². The number of hydrogen-bond acceptors (Lipinski definition) is 1. The van der Waals surface area contributed by atoms with Crippen LogP contribution < -0.4 is 0 Å². The van der Waals surface area contributed by atoms with Crippen molar-refractivity contribution < 1.29 is 13.6 Å². The standard InChI is InChI=1S/C8H7ClF2O/c1-6(10)3-2-4-7(11)5-8(9)12/h2-4H,1,5H2/b3-2-,7-4+. The summed E-state index contributed by atoms with van der Waals surface area (Å²) in [6, 6.07) is 0. The average molecular weight is 193 g/mol. The van der Waals surface area contributed by atoms with E-state index in [0.29, 0.717) is 0 Å². The van der Waals surface area contributed by atoms with Gasteiger partial charge in [-0.25, -0.2) is 8.78 Å². The minimum atomic E-state index is -0.795. The third kappa shape index (κ3) is 7.15. The third-order valence-corrected chi connectivity index (χ3v) is 0.996. The molecule has 66 valence electrons. The number of hydrogen-bond donors (Lipinski definition) is 0. The molecule has 1 nitrogen and oxygen atoms in total. The third-order valence-electron chi connectivity index (χ3n) is 0.862. The van der Waals surface area contributed by atoms with Crippen LogP contribution in [-0.2, 0) is 4.79 Å². The second-order valence-corrected chi connectivity index (χ2v) is 2.37. The molecule has 0 rings (SSSR count). The first kappa shape index (κ1) is 11.0. The Balaban J connectivity index is 4.00. The van der Waals surface area contributed by atoms with E-state index in [1.807, 2.05) is 0 Å². The van der Waals surface area contributed by atoms with Gasteiger partial charge in [-0.1, -0.05) is 12.7 Å². The number of carbonyl (C=O) groups is 1. The smallest absolute Gasteiger partial charge is 0.228 e. The SMILES string of the molecule is C=C(F)/C=C\C=C(\F)CC(=O)Cl. The van der Waals surface area contributed by atoms with Gasteiger partial charge in [0, 0.05) is 0 Å². The topological polar surface area (TPSA) is 17.1 Å². The summed E-state index contributed by atoms with van der Waals surface area (Å²) in [6.07, 6.45) is 2.55. The van der Waals surface area contributed by atoms with Crippen molar-refractivity contribution in [3.8, 4) is 0 Å². The average Bonchev–Trinajstić information content (AvgIpc) is 1.84. The first-order chi connectivity index (χ1) is 5.52. The summed E-state index contributed by atoms with van der Waals surface area (Å²) in [5.41, 5.74) is 0. The van der Waals surface area contributed by atoms with Gasteiger partial charge in [0.2, 0.25) is 5.24 Å². The predicted octanol–water partition coefficient (Wildman–Crippen LogP) is 3.03. The molecule has 0 spiro atoms. The van der Waals surface area contributed by atoms with Crippen LogP contribution in [0.1, 0.15) is 6.42 Å². The fraction of sp³-hybridized carbons (Fsp3) is 0.125. The van der Waals surface area contributed by atoms with Gasteiger partial charge in [0.05, 0.1) is 6.42 Å². The quantitative estimate of drug-likeness (QED) is 0.494. The van der Waals surface area contributed by atoms with Gasteiger partial charge in [-0.2, -0.15) is 0 Å². The predicted molar refractivity (Wildman–Crippen MR) is 44.1 cm³/mol. The van der Waals surface area contributed by atoms with Gasteiger partial charge in [-0.15, -0.1) is 0 Å². The molecule has 0 saturated heterocycles. The fourth-order valence-electron chi connectivity index (χ4n) is 0.449.